The van der Waals surface area contributed by atoms with Gasteiger partial charge in [-0.1, -0.05) is 26.2 Å². The second-order valence-electron chi connectivity index (χ2n) is 6.89. The summed E-state index contributed by atoms with van der Waals surface area (Å²) < 4.78 is 0. The molecule has 1 amide bonds. The topological polar surface area (TPSA) is 83.7 Å². The zero-order valence-corrected chi connectivity index (χ0v) is 15.0. The minimum absolute atomic E-state index is 0.00864. The lowest BCUT2D eigenvalue weighted by Crippen LogP contribution is -2.46. The van der Waals surface area contributed by atoms with Gasteiger partial charge in [-0.15, -0.1) is 0 Å². The summed E-state index contributed by atoms with van der Waals surface area (Å²) in [5.41, 5.74) is -0.654. The van der Waals surface area contributed by atoms with Gasteiger partial charge in [0, 0.05) is 30.3 Å². The Hall–Kier alpha value is -1.95. The van der Waals surface area contributed by atoms with Crippen molar-refractivity contribution in [2.45, 2.75) is 65.0 Å². The van der Waals surface area contributed by atoms with Crippen molar-refractivity contribution in [3.05, 3.63) is 39.9 Å². The summed E-state index contributed by atoms with van der Waals surface area (Å²) in [6.45, 7) is 7.66. The number of nitrogens with zero attached hydrogens (tertiary/aromatic N) is 2. The Balaban J connectivity index is 2.95. The highest BCUT2D eigenvalue weighted by molar-refractivity contribution is 5.94. The van der Waals surface area contributed by atoms with Crippen LogP contribution in [0.3, 0.4) is 0 Å². The van der Waals surface area contributed by atoms with Gasteiger partial charge in [-0.3, -0.25) is 14.9 Å². The second kappa shape index (κ2) is 8.78. The van der Waals surface area contributed by atoms with Crippen LogP contribution in [-0.2, 0) is 0 Å². The Labute approximate surface area is 143 Å². The van der Waals surface area contributed by atoms with Crippen molar-refractivity contribution in [2.24, 2.45) is 0 Å². The molecule has 6 nitrogen and oxygen atoms in total. The summed E-state index contributed by atoms with van der Waals surface area (Å²) in [7, 11) is 0. The minimum Gasteiger partial charge on any atom is -0.389 e. The van der Waals surface area contributed by atoms with Crippen LogP contribution in [0.5, 0.6) is 0 Å². The molecule has 1 rings (SSSR count). The maximum atomic E-state index is 12.8. The highest BCUT2D eigenvalue weighted by Gasteiger charge is 2.27. The van der Waals surface area contributed by atoms with E-state index in [1.54, 1.807) is 18.7 Å². The van der Waals surface area contributed by atoms with E-state index in [1.165, 1.54) is 24.3 Å². The average Bonchev–Trinajstić information content (AvgIpc) is 2.51. The van der Waals surface area contributed by atoms with Gasteiger partial charge in [0.15, 0.2) is 0 Å². The fourth-order valence-corrected chi connectivity index (χ4v) is 2.58. The quantitative estimate of drug-likeness (QED) is 0.422. The summed E-state index contributed by atoms with van der Waals surface area (Å²) in [6.07, 6.45) is 4.09. The molecule has 0 fully saturated rings. The Morgan fingerprint density at radius 1 is 1.29 bits per heavy atom. The van der Waals surface area contributed by atoms with E-state index in [4.69, 9.17) is 0 Å². The molecule has 24 heavy (non-hydrogen) atoms. The van der Waals surface area contributed by atoms with Gasteiger partial charge in [0.25, 0.3) is 11.6 Å². The van der Waals surface area contributed by atoms with Crippen LogP contribution in [0.15, 0.2) is 24.3 Å². The number of hydrogen-bond donors (Lipinski definition) is 1. The molecule has 134 valence electrons. The average molecular weight is 336 g/mol. The summed E-state index contributed by atoms with van der Waals surface area (Å²) in [4.78, 5) is 24.7. The molecule has 0 radical (unpaired) electrons. The highest BCUT2D eigenvalue weighted by atomic mass is 16.6. The minimum atomic E-state index is -1.00. The number of hydrogen-bond acceptors (Lipinski definition) is 4. The number of carbonyl (C=O) groups excluding carboxylic acids is 1. The molecule has 0 saturated heterocycles. The monoisotopic (exact) mass is 336 g/mol. The first-order valence-corrected chi connectivity index (χ1v) is 8.43. The lowest BCUT2D eigenvalue weighted by atomic mass is 10.0. The molecule has 6 heteroatoms. The van der Waals surface area contributed by atoms with Crippen molar-refractivity contribution in [1.29, 1.82) is 0 Å². The van der Waals surface area contributed by atoms with Crippen molar-refractivity contribution < 1.29 is 14.8 Å². The van der Waals surface area contributed by atoms with Crippen LogP contribution >= 0.6 is 0 Å². The molecule has 0 bridgehead atoms. The summed E-state index contributed by atoms with van der Waals surface area (Å²) >= 11 is 0. The van der Waals surface area contributed by atoms with Crippen LogP contribution in [0.4, 0.5) is 5.69 Å². The van der Waals surface area contributed by atoms with E-state index in [0.29, 0.717) is 5.56 Å². The van der Waals surface area contributed by atoms with Gasteiger partial charge < -0.3 is 10.0 Å². The molecular weight excluding hydrogens is 308 g/mol. The van der Waals surface area contributed by atoms with Gasteiger partial charge in [0.05, 0.1) is 10.5 Å². The van der Waals surface area contributed by atoms with Crippen molar-refractivity contribution >= 4 is 11.6 Å². The Morgan fingerprint density at radius 3 is 2.33 bits per heavy atom. The third-order valence-electron chi connectivity index (χ3n) is 3.90. The lowest BCUT2D eigenvalue weighted by Gasteiger charge is -2.34. The highest BCUT2D eigenvalue weighted by Crippen LogP contribution is 2.19. The number of carbonyl (C=O) groups is 1. The molecule has 1 N–H and O–H groups in total. The predicted molar refractivity (Wildman–Crippen MR) is 94.0 cm³/mol. The van der Waals surface area contributed by atoms with Crippen molar-refractivity contribution in [3.8, 4) is 0 Å². The van der Waals surface area contributed by atoms with Crippen molar-refractivity contribution in [3.63, 3.8) is 0 Å². The molecule has 1 unspecified atom stereocenters. The van der Waals surface area contributed by atoms with Gasteiger partial charge in [-0.2, -0.15) is 0 Å². The fraction of sp³-hybridized carbons (Fsp3) is 0.611. The number of nitro benzene ring substituents is 1. The molecule has 1 aromatic rings. The number of benzene rings is 1. The van der Waals surface area contributed by atoms with Crippen LogP contribution in [0.2, 0.25) is 0 Å². The number of unbranched alkanes of at least 4 members (excludes halogenated alkanes) is 2. The van der Waals surface area contributed by atoms with Gasteiger partial charge in [0.1, 0.15) is 0 Å². The van der Waals surface area contributed by atoms with Gasteiger partial charge in [-0.05, 0) is 39.3 Å². The predicted octanol–water partition coefficient (Wildman–Crippen LogP) is 3.78. The molecule has 0 aliphatic rings. The number of nitro groups is 1. The maximum absolute atomic E-state index is 12.8. The summed E-state index contributed by atoms with van der Waals surface area (Å²) in [5.74, 6) is -0.212. The first-order valence-electron chi connectivity index (χ1n) is 8.43. The van der Waals surface area contributed by atoms with Gasteiger partial charge in [0.2, 0.25) is 0 Å². The fourth-order valence-electron chi connectivity index (χ4n) is 2.58. The first kappa shape index (κ1) is 20.1. The van der Waals surface area contributed by atoms with E-state index in [-0.39, 0.29) is 24.2 Å². The van der Waals surface area contributed by atoms with E-state index in [2.05, 4.69) is 6.92 Å². The molecule has 0 aliphatic carbocycles. The molecule has 0 saturated carbocycles. The van der Waals surface area contributed by atoms with Crippen LogP contribution in [0, 0.1) is 10.1 Å². The van der Waals surface area contributed by atoms with Crippen molar-refractivity contribution in [1.82, 2.24) is 4.90 Å². The number of rotatable bonds is 9. The summed E-state index contributed by atoms with van der Waals surface area (Å²) in [6, 6.07) is 5.59. The van der Waals surface area contributed by atoms with Crippen LogP contribution in [0.1, 0.15) is 63.7 Å². The lowest BCUT2D eigenvalue weighted by molar-refractivity contribution is -0.384. The smallest absolute Gasteiger partial charge is 0.269 e. The number of amides is 1. The van der Waals surface area contributed by atoms with Crippen molar-refractivity contribution in [2.75, 3.05) is 6.54 Å². The summed E-state index contributed by atoms with van der Waals surface area (Å²) in [5, 5.41) is 20.9. The third-order valence-corrected chi connectivity index (χ3v) is 3.90. The zero-order chi connectivity index (χ0) is 18.3. The largest absolute Gasteiger partial charge is 0.389 e. The number of aliphatic hydroxyl groups is 1. The maximum Gasteiger partial charge on any atom is 0.269 e. The van der Waals surface area contributed by atoms with Crippen LogP contribution in [-0.4, -0.2) is 39.0 Å². The van der Waals surface area contributed by atoms with E-state index in [1.807, 2.05) is 6.92 Å². The molecule has 1 aromatic carbocycles. The van der Waals surface area contributed by atoms with Gasteiger partial charge >= 0.3 is 0 Å². The molecule has 1 atom stereocenters. The third kappa shape index (κ3) is 6.28. The molecule has 0 aliphatic heterocycles. The SMILES string of the molecule is CCCCCC(C)N(CC(C)(C)O)C(=O)c1ccc([N+](=O)[O-])cc1. The first-order chi connectivity index (χ1) is 11.2. The molecule has 0 heterocycles. The van der Waals surface area contributed by atoms with E-state index < -0.39 is 10.5 Å². The normalized spacial score (nSPS) is 12.7. The Morgan fingerprint density at radius 2 is 1.88 bits per heavy atom. The number of non-ortho nitro benzene ring substituents is 1. The van der Waals surface area contributed by atoms with Crippen LogP contribution in [0.25, 0.3) is 0 Å². The molecule has 0 aromatic heterocycles. The zero-order valence-electron chi connectivity index (χ0n) is 15.0. The van der Waals surface area contributed by atoms with E-state index in [0.717, 1.165) is 25.7 Å². The van der Waals surface area contributed by atoms with E-state index >= 15 is 0 Å². The second-order valence-corrected chi connectivity index (χ2v) is 6.89. The van der Waals surface area contributed by atoms with Gasteiger partial charge in [-0.25, -0.2) is 0 Å². The van der Waals surface area contributed by atoms with Crippen LogP contribution < -0.4 is 0 Å². The molecule has 0 spiro atoms. The standard InChI is InChI=1S/C18H28N2O4/c1-5-6-7-8-14(2)19(13-18(3,4)22)17(21)15-9-11-16(12-10-15)20(23)24/h9-12,14,22H,5-8,13H2,1-4H3. The molecular formula is C18H28N2O4. The van der Waals surface area contributed by atoms with E-state index in [9.17, 15) is 20.0 Å². The Kier molecular flexibility index (Phi) is 7.35. The Bertz CT molecular complexity index is 549.